The molecule has 0 aliphatic carbocycles. The molecule has 8 nitrogen and oxygen atoms in total. The number of methoxy groups -OCH3 is 1. The average molecular weight is 494 g/mol. The van der Waals surface area contributed by atoms with E-state index in [0.29, 0.717) is 49.4 Å². The standard InChI is InChI=1S/C28H35N3O5/c1-19(2)17-29-25(32)24-18-36-28(31(24)27(34)23-8-6-5-7-20(23)3)13-15-30(16-14-28)26(33)21-9-11-22(35-4)12-10-21/h5-12,19,24H,13-18H2,1-4H3,(H,29,32). The zero-order chi connectivity index (χ0) is 25.9. The third-order valence-electron chi connectivity index (χ3n) is 7.01. The summed E-state index contributed by atoms with van der Waals surface area (Å²) in [6.45, 7) is 7.44. The molecular weight excluding hydrogens is 458 g/mol. The lowest BCUT2D eigenvalue weighted by molar-refractivity contribution is -0.128. The Labute approximate surface area is 212 Å². The van der Waals surface area contributed by atoms with Gasteiger partial charge in [0.15, 0.2) is 0 Å². The number of carbonyl (C=O) groups excluding carboxylic acids is 3. The number of hydrogen-bond acceptors (Lipinski definition) is 5. The Hall–Kier alpha value is -3.39. The Kier molecular flexibility index (Phi) is 7.64. The number of nitrogens with zero attached hydrogens (tertiary/aromatic N) is 2. The summed E-state index contributed by atoms with van der Waals surface area (Å²) in [6, 6.07) is 13.7. The van der Waals surface area contributed by atoms with Crippen LogP contribution < -0.4 is 10.1 Å². The van der Waals surface area contributed by atoms with Gasteiger partial charge in [0.25, 0.3) is 11.8 Å². The largest absolute Gasteiger partial charge is 0.497 e. The summed E-state index contributed by atoms with van der Waals surface area (Å²) in [5.74, 6) is 0.478. The van der Waals surface area contributed by atoms with Crippen LogP contribution in [0.3, 0.4) is 0 Å². The SMILES string of the molecule is COc1ccc(C(=O)N2CCC3(CC2)OCC(C(=O)NCC(C)C)N3C(=O)c2ccccc2C)cc1. The Morgan fingerprint density at radius 2 is 1.72 bits per heavy atom. The summed E-state index contributed by atoms with van der Waals surface area (Å²) in [6.07, 6.45) is 0.862. The van der Waals surface area contributed by atoms with Gasteiger partial charge >= 0.3 is 0 Å². The predicted molar refractivity (Wildman–Crippen MR) is 136 cm³/mol. The van der Waals surface area contributed by atoms with Crippen LogP contribution in [0.2, 0.25) is 0 Å². The minimum Gasteiger partial charge on any atom is -0.497 e. The Balaban J connectivity index is 1.56. The lowest BCUT2D eigenvalue weighted by Crippen LogP contribution is -2.60. The minimum absolute atomic E-state index is 0.0755. The molecule has 1 N–H and O–H groups in total. The van der Waals surface area contributed by atoms with E-state index in [4.69, 9.17) is 9.47 Å². The number of benzene rings is 2. The van der Waals surface area contributed by atoms with Gasteiger partial charge in [-0.1, -0.05) is 32.0 Å². The molecule has 0 aromatic heterocycles. The van der Waals surface area contributed by atoms with Gasteiger partial charge in [-0.25, -0.2) is 0 Å². The highest BCUT2D eigenvalue weighted by atomic mass is 16.5. The average Bonchev–Trinajstić information content (AvgIpc) is 3.25. The van der Waals surface area contributed by atoms with Gasteiger partial charge in [0.1, 0.15) is 17.5 Å². The Bertz CT molecular complexity index is 1110. The van der Waals surface area contributed by atoms with Gasteiger partial charge in [0, 0.05) is 43.6 Å². The molecule has 2 fully saturated rings. The molecule has 2 aromatic carbocycles. The maximum absolute atomic E-state index is 13.9. The van der Waals surface area contributed by atoms with Crippen LogP contribution in [-0.2, 0) is 9.53 Å². The van der Waals surface area contributed by atoms with E-state index < -0.39 is 11.8 Å². The normalized spacial score (nSPS) is 19.0. The molecule has 1 spiro atoms. The number of hydrogen-bond donors (Lipinski definition) is 1. The first-order chi connectivity index (χ1) is 17.3. The Morgan fingerprint density at radius 3 is 2.33 bits per heavy atom. The summed E-state index contributed by atoms with van der Waals surface area (Å²) in [4.78, 5) is 43.5. The number of rotatable bonds is 6. The fraction of sp³-hybridized carbons (Fsp3) is 0.464. The number of likely N-dealkylation sites (tertiary alicyclic amines) is 1. The number of ether oxygens (including phenoxy) is 2. The van der Waals surface area contributed by atoms with E-state index >= 15 is 0 Å². The summed E-state index contributed by atoms with van der Waals surface area (Å²) in [5.41, 5.74) is 1.05. The molecular formula is C28H35N3O5. The fourth-order valence-electron chi connectivity index (χ4n) is 4.91. The topological polar surface area (TPSA) is 88.2 Å². The summed E-state index contributed by atoms with van der Waals surface area (Å²) < 4.78 is 11.5. The molecule has 0 saturated carbocycles. The number of carbonyl (C=O) groups is 3. The molecule has 1 atom stereocenters. The second kappa shape index (κ2) is 10.7. The summed E-state index contributed by atoms with van der Waals surface area (Å²) in [7, 11) is 1.59. The molecule has 2 saturated heterocycles. The maximum Gasteiger partial charge on any atom is 0.257 e. The molecule has 36 heavy (non-hydrogen) atoms. The first-order valence-electron chi connectivity index (χ1n) is 12.5. The van der Waals surface area contributed by atoms with Gasteiger partial charge in [-0.3, -0.25) is 19.3 Å². The second-order valence-electron chi connectivity index (χ2n) is 9.92. The quantitative estimate of drug-likeness (QED) is 0.668. The molecule has 3 amide bonds. The second-order valence-corrected chi connectivity index (χ2v) is 9.92. The molecule has 2 aliphatic rings. The molecule has 2 aromatic rings. The minimum atomic E-state index is -0.935. The molecule has 0 radical (unpaired) electrons. The highest BCUT2D eigenvalue weighted by molar-refractivity contribution is 5.99. The van der Waals surface area contributed by atoms with Crippen LogP contribution >= 0.6 is 0 Å². The van der Waals surface area contributed by atoms with Crippen LogP contribution in [0.4, 0.5) is 0 Å². The molecule has 1 unspecified atom stereocenters. The van der Waals surface area contributed by atoms with Crippen molar-refractivity contribution in [2.45, 2.75) is 45.4 Å². The molecule has 192 valence electrons. The highest BCUT2D eigenvalue weighted by Crippen LogP contribution is 2.39. The van der Waals surface area contributed by atoms with Gasteiger partial charge in [-0.15, -0.1) is 0 Å². The van der Waals surface area contributed by atoms with Crippen molar-refractivity contribution < 1.29 is 23.9 Å². The van der Waals surface area contributed by atoms with Gasteiger partial charge in [0.05, 0.1) is 13.7 Å². The predicted octanol–water partition coefficient (Wildman–Crippen LogP) is 3.25. The summed E-state index contributed by atoms with van der Waals surface area (Å²) >= 11 is 0. The molecule has 0 bridgehead atoms. The van der Waals surface area contributed by atoms with Crippen molar-refractivity contribution in [2.75, 3.05) is 33.4 Å². The maximum atomic E-state index is 13.9. The molecule has 2 aliphatic heterocycles. The monoisotopic (exact) mass is 493 g/mol. The van der Waals surface area contributed by atoms with Crippen LogP contribution in [0.25, 0.3) is 0 Å². The first-order valence-corrected chi connectivity index (χ1v) is 12.5. The van der Waals surface area contributed by atoms with E-state index in [1.165, 1.54) is 0 Å². The van der Waals surface area contributed by atoms with Gasteiger partial charge in [0.2, 0.25) is 5.91 Å². The van der Waals surface area contributed by atoms with Crippen molar-refractivity contribution in [3.05, 3.63) is 65.2 Å². The van der Waals surface area contributed by atoms with E-state index in [1.807, 2.05) is 39.0 Å². The van der Waals surface area contributed by atoms with E-state index in [2.05, 4.69) is 5.32 Å². The summed E-state index contributed by atoms with van der Waals surface area (Å²) in [5, 5.41) is 2.97. The van der Waals surface area contributed by atoms with Crippen LogP contribution in [0.15, 0.2) is 48.5 Å². The number of piperidine rings is 1. The smallest absolute Gasteiger partial charge is 0.257 e. The Morgan fingerprint density at radius 1 is 1.06 bits per heavy atom. The lowest BCUT2D eigenvalue weighted by Gasteiger charge is -2.44. The van der Waals surface area contributed by atoms with Crippen molar-refractivity contribution in [1.82, 2.24) is 15.1 Å². The molecule has 2 heterocycles. The van der Waals surface area contributed by atoms with Crippen LogP contribution in [0.1, 0.15) is 53.0 Å². The van der Waals surface area contributed by atoms with Crippen LogP contribution in [-0.4, -0.2) is 72.6 Å². The molecule has 8 heteroatoms. The van der Waals surface area contributed by atoms with E-state index in [-0.39, 0.29) is 30.2 Å². The highest BCUT2D eigenvalue weighted by Gasteiger charge is 2.54. The van der Waals surface area contributed by atoms with Gasteiger partial charge in [-0.2, -0.15) is 0 Å². The van der Waals surface area contributed by atoms with Gasteiger partial charge in [-0.05, 0) is 48.7 Å². The van der Waals surface area contributed by atoms with E-state index in [9.17, 15) is 14.4 Å². The third kappa shape index (κ3) is 5.09. The number of amides is 3. The lowest BCUT2D eigenvalue weighted by atomic mass is 9.95. The van der Waals surface area contributed by atoms with Crippen molar-refractivity contribution in [1.29, 1.82) is 0 Å². The third-order valence-corrected chi connectivity index (χ3v) is 7.01. The van der Waals surface area contributed by atoms with E-state index in [0.717, 1.165) is 5.56 Å². The fourth-order valence-corrected chi connectivity index (χ4v) is 4.91. The first kappa shape index (κ1) is 25.7. The zero-order valence-electron chi connectivity index (χ0n) is 21.5. The van der Waals surface area contributed by atoms with Crippen molar-refractivity contribution in [3.63, 3.8) is 0 Å². The van der Waals surface area contributed by atoms with E-state index in [1.54, 1.807) is 47.2 Å². The van der Waals surface area contributed by atoms with Crippen molar-refractivity contribution in [3.8, 4) is 5.75 Å². The van der Waals surface area contributed by atoms with Crippen molar-refractivity contribution in [2.24, 2.45) is 5.92 Å². The van der Waals surface area contributed by atoms with Crippen molar-refractivity contribution >= 4 is 17.7 Å². The van der Waals surface area contributed by atoms with Crippen LogP contribution in [0.5, 0.6) is 5.75 Å². The molecule has 4 rings (SSSR count). The van der Waals surface area contributed by atoms with Crippen LogP contribution in [0, 0.1) is 12.8 Å². The number of aryl methyl sites for hydroxylation is 1. The number of nitrogens with one attached hydrogen (secondary N) is 1. The van der Waals surface area contributed by atoms with Gasteiger partial charge < -0.3 is 19.7 Å². The zero-order valence-corrected chi connectivity index (χ0v) is 21.5.